The number of rotatable bonds is 7. The first-order valence-corrected chi connectivity index (χ1v) is 13.5. The Hall–Kier alpha value is -3.07. The number of hydrogen-bond donors (Lipinski definition) is 2. The Balaban J connectivity index is 1.54. The van der Waals surface area contributed by atoms with Crippen LogP contribution < -0.4 is 19.4 Å². The molecule has 0 spiro atoms. The predicted molar refractivity (Wildman–Crippen MR) is 141 cm³/mol. The Morgan fingerprint density at radius 3 is 2.31 bits per heavy atom. The fraction of sp³-hybridized carbons (Fsp3) is 0.269. The van der Waals surface area contributed by atoms with Gasteiger partial charge in [-0.15, -0.1) is 0 Å². The van der Waals surface area contributed by atoms with Gasteiger partial charge in [-0.2, -0.15) is 0 Å². The van der Waals surface area contributed by atoms with Crippen molar-refractivity contribution in [3.63, 3.8) is 0 Å². The molecule has 1 saturated heterocycles. The van der Waals surface area contributed by atoms with Gasteiger partial charge < -0.3 is 15.1 Å². The second kappa shape index (κ2) is 10.7. The maximum atomic E-state index is 13.2. The predicted octanol–water partition coefficient (Wildman–Crippen LogP) is 3.14. The summed E-state index contributed by atoms with van der Waals surface area (Å²) >= 11 is 6.23. The minimum Gasteiger partial charge on any atom is -0.359 e. The molecular weight excluding hydrogens is 484 g/mol. The summed E-state index contributed by atoms with van der Waals surface area (Å²) in [6.07, 6.45) is 0. The van der Waals surface area contributed by atoms with E-state index in [1.54, 1.807) is 37.3 Å². The number of anilines is 3. The van der Waals surface area contributed by atoms with Crippen LogP contribution in [0.3, 0.4) is 0 Å². The molecule has 3 aromatic rings. The SMILES string of the molecule is CCN(c1ccccc1)S(=O)(=O)c1ccc(C(=O)Nc2cc(Cl)ccc2N2CC[NH+](C)CC2)cc1. The zero-order valence-corrected chi connectivity index (χ0v) is 21.4. The molecule has 1 aliphatic heterocycles. The third-order valence-electron chi connectivity index (χ3n) is 6.20. The lowest BCUT2D eigenvalue weighted by Crippen LogP contribution is -3.12. The molecule has 1 amide bonds. The Labute approximate surface area is 212 Å². The van der Waals surface area contributed by atoms with E-state index in [4.69, 9.17) is 11.6 Å². The van der Waals surface area contributed by atoms with E-state index in [0.29, 0.717) is 28.5 Å². The maximum Gasteiger partial charge on any atom is 0.264 e. The lowest BCUT2D eigenvalue weighted by atomic mass is 10.1. The number of hydrogen-bond acceptors (Lipinski definition) is 4. The van der Waals surface area contributed by atoms with Crippen LogP contribution in [0.4, 0.5) is 17.1 Å². The van der Waals surface area contributed by atoms with Crippen molar-refractivity contribution in [2.45, 2.75) is 11.8 Å². The summed E-state index contributed by atoms with van der Waals surface area (Å²) in [5.41, 5.74) is 2.52. The fourth-order valence-electron chi connectivity index (χ4n) is 4.20. The van der Waals surface area contributed by atoms with Crippen molar-refractivity contribution >= 4 is 44.6 Å². The van der Waals surface area contributed by atoms with E-state index in [1.807, 2.05) is 18.2 Å². The van der Waals surface area contributed by atoms with Crippen molar-refractivity contribution in [3.05, 3.63) is 83.4 Å². The van der Waals surface area contributed by atoms with Crippen LogP contribution >= 0.6 is 11.6 Å². The number of benzene rings is 3. The molecular formula is C26H30ClN4O3S+. The molecule has 35 heavy (non-hydrogen) atoms. The molecule has 1 fully saturated rings. The first kappa shape index (κ1) is 25.0. The van der Waals surface area contributed by atoms with Crippen LogP contribution in [0, 0.1) is 0 Å². The van der Waals surface area contributed by atoms with Crippen LogP contribution in [-0.2, 0) is 10.0 Å². The van der Waals surface area contributed by atoms with Crippen LogP contribution in [-0.4, -0.2) is 54.1 Å². The molecule has 0 unspecified atom stereocenters. The number of carbonyl (C=O) groups excluding carboxylic acids is 1. The molecule has 4 rings (SSSR count). The summed E-state index contributed by atoms with van der Waals surface area (Å²) < 4.78 is 27.8. The molecule has 7 nitrogen and oxygen atoms in total. The number of likely N-dealkylation sites (N-methyl/N-ethyl adjacent to an activating group) is 1. The Morgan fingerprint density at radius 2 is 1.69 bits per heavy atom. The van der Waals surface area contributed by atoms with Gasteiger partial charge in [-0.25, -0.2) is 8.42 Å². The number of nitrogens with zero attached hydrogens (tertiary/aromatic N) is 2. The van der Waals surface area contributed by atoms with E-state index in [9.17, 15) is 13.2 Å². The van der Waals surface area contributed by atoms with Crippen molar-refractivity contribution in [1.82, 2.24) is 0 Å². The highest BCUT2D eigenvalue weighted by Crippen LogP contribution is 2.30. The van der Waals surface area contributed by atoms with Crippen LogP contribution in [0.5, 0.6) is 0 Å². The van der Waals surface area contributed by atoms with Crippen molar-refractivity contribution in [3.8, 4) is 0 Å². The normalized spacial score (nSPS) is 14.5. The lowest BCUT2D eigenvalue weighted by Gasteiger charge is -2.33. The molecule has 0 aromatic heterocycles. The third-order valence-corrected chi connectivity index (χ3v) is 8.35. The molecule has 0 radical (unpaired) electrons. The van der Waals surface area contributed by atoms with Crippen molar-refractivity contribution in [1.29, 1.82) is 0 Å². The second-order valence-electron chi connectivity index (χ2n) is 8.59. The molecule has 9 heteroatoms. The molecule has 0 saturated carbocycles. The molecule has 0 aliphatic carbocycles. The summed E-state index contributed by atoms with van der Waals surface area (Å²) in [5, 5.41) is 3.50. The largest absolute Gasteiger partial charge is 0.359 e. The Kier molecular flexibility index (Phi) is 7.64. The van der Waals surface area contributed by atoms with Gasteiger partial charge in [0.15, 0.2) is 0 Å². The van der Waals surface area contributed by atoms with Crippen LogP contribution in [0.15, 0.2) is 77.7 Å². The fourth-order valence-corrected chi connectivity index (χ4v) is 5.84. The number of nitrogens with one attached hydrogen (secondary N) is 2. The van der Waals surface area contributed by atoms with E-state index in [1.165, 1.54) is 33.5 Å². The monoisotopic (exact) mass is 513 g/mol. The maximum absolute atomic E-state index is 13.2. The average Bonchev–Trinajstić information content (AvgIpc) is 2.86. The molecule has 2 N–H and O–H groups in total. The third kappa shape index (κ3) is 5.61. The van der Waals surface area contributed by atoms with Gasteiger partial charge in [0.25, 0.3) is 15.9 Å². The summed E-state index contributed by atoms with van der Waals surface area (Å²) in [6, 6.07) is 20.5. The van der Waals surface area contributed by atoms with Crippen LogP contribution in [0.1, 0.15) is 17.3 Å². The van der Waals surface area contributed by atoms with Crippen molar-refractivity contribution < 1.29 is 18.1 Å². The molecule has 0 bridgehead atoms. The molecule has 1 heterocycles. The van der Waals surface area contributed by atoms with Crippen LogP contribution in [0.25, 0.3) is 0 Å². The number of carbonyl (C=O) groups is 1. The van der Waals surface area contributed by atoms with Crippen LogP contribution in [0.2, 0.25) is 5.02 Å². The number of amides is 1. The number of para-hydroxylation sites is 1. The van der Waals surface area contributed by atoms with E-state index in [0.717, 1.165) is 31.9 Å². The lowest BCUT2D eigenvalue weighted by molar-refractivity contribution is -0.880. The summed E-state index contributed by atoms with van der Waals surface area (Å²) in [5.74, 6) is -0.326. The number of piperazine rings is 1. The van der Waals surface area contributed by atoms with Gasteiger partial charge in [0.1, 0.15) is 0 Å². The zero-order chi connectivity index (χ0) is 25.0. The van der Waals surface area contributed by atoms with Gasteiger partial charge >= 0.3 is 0 Å². The Morgan fingerprint density at radius 1 is 1.03 bits per heavy atom. The second-order valence-corrected chi connectivity index (χ2v) is 10.9. The van der Waals surface area contributed by atoms with E-state index in [-0.39, 0.29) is 10.8 Å². The highest BCUT2D eigenvalue weighted by molar-refractivity contribution is 7.92. The molecule has 0 atom stereocenters. The highest BCUT2D eigenvalue weighted by Gasteiger charge is 2.24. The zero-order valence-electron chi connectivity index (χ0n) is 19.9. The topological polar surface area (TPSA) is 74.2 Å². The summed E-state index contributed by atoms with van der Waals surface area (Å²) in [4.78, 5) is 16.9. The van der Waals surface area contributed by atoms with Gasteiger partial charge in [0.2, 0.25) is 0 Å². The molecule has 1 aliphatic rings. The summed E-state index contributed by atoms with van der Waals surface area (Å²) in [6.45, 7) is 5.89. The van der Waals surface area contributed by atoms with Gasteiger partial charge in [-0.05, 0) is 61.5 Å². The first-order valence-electron chi connectivity index (χ1n) is 11.6. The van der Waals surface area contributed by atoms with Gasteiger partial charge in [-0.1, -0.05) is 29.8 Å². The minimum atomic E-state index is -3.76. The number of halogens is 1. The van der Waals surface area contributed by atoms with Crippen molar-refractivity contribution in [2.75, 3.05) is 54.3 Å². The molecule has 184 valence electrons. The van der Waals surface area contributed by atoms with Gasteiger partial charge in [-0.3, -0.25) is 9.10 Å². The van der Waals surface area contributed by atoms with Crippen molar-refractivity contribution in [2.24, 2.45) is 0 Å². The first-order chi connectivity index (χ1) is 16.8. The van der Waals surface area contributed by atoms with E-state index < -0.39 is 10.0 Å². The average molecular weight is 514 g/mol. The minimum absolute atomic E-state index is 0.128. The smallest absolute Gasteiger partial charge is 0.264 e. The summed E-state index contributed by atoms with van der Waals surface area (Å²) in [7, 11) is -1.59. The van der Waals surface area contributed by atoms with E-state index in [2.05, 4.69) is 17.3 Å². The molecule has 3 aromatic carbocycles. The quantitative estimate of drug-likeness (QED) is 0.509. The number of sulfonamides is 1. The Bertz CT molecular complexity index is 1280. The van der Waals surface area contributed by atoms with E-state index >= 15 is 0 Å². The standard InChI is InChI=1S/C26H29ClN4O3S/c1-3-31(22-7-5-4-6-8-22)35(33,34)23-12-9-20(10-13-23)26(32)28-24-19-21(27)11-14-25(24)30-17-15-29(2)16-18-30/h4-14,19H,3,15-18H2,1-2H3,(H,28,32)/p+1. The van der Waals surface area contributed by atoms with Gasteiger partial charge in [0.05, 0.1) is 55.2 Å². The number of quaternary nitrogens is 1. The highest BCUT2D eigenvalue weighted by atomic mass is 35.5. The van der Waals surface area contributed by atoms with Gasteiger partial charge in [0, 0.05) is 17.1 Å².